The van der Waals surface area contributed by atoms with Gasteiger partial charge in [0.15, 0.2) is 0 Å². The molecule has 3 heteroatoms. The monoisotopic (exact) mass is 193 g/mol. The first-order valence-corrected chi connectivity index (χ1v) is 5.35. The predicted octanol–water partition coefficient (Wildman–Crippen LogP) is 2.35. The maximum atomic E-state index is 4.03. The van der Waals surface area contributed by atoms with Gasteiger partial charge in [-0.05, 0) is 46.2 Å². The summed E-state index contributed by atoms with van der Waals surface area (Å²) in [5.74, 6) is 0. The molecule has 1 N–H and O–H groups in total. The highest BCUT2D eigenvalue weighted by atomic mass is 15.3. The van der Waals surface area contributed by atoms with Crippen LogP contribution in [0.5, 0.6) is 0 Å². The molecular formula is C11H19N3. The lowest BCUT2D eigenvalue weighted by Gasteiger charge is -2.36. The van der Waals surface area contributed by atoms with Crippen LogP contribution in [-0.2, 0) is 0 Å². The minimum absolute atomic E-state index is 0.256. The fourth-order valence-electron chi connectivity index (χ4n) is 2.35. The topological polar surface area (TPSA) is 31.9 Å². The molecule has 2 rings (SSSR count). The van der Waals surface area contributed by atoms with Gasteiger partial charge in [-0.1, -0.05) is 0 Å². The summed E-state index contributed by atoms with van der Waals surface area (Å²) in [6, 6.07) is 2.63. The maximum Gasteiger partial charge on any atom is 0.0523 e. The molecule has 1 aliphatic rings. The third kappa shape index (κ3) is 1.69. The highest BCUT2D eigenvalue weighted by Gasteiger charge is 2.34. The van der Waals surface area contributed by atoms with E-state index in [0.717, 1.165) is 0 Å². The van der Waals surface area contributed by atoms with Crippen molar-refractivity contribution in [3.05, 3.63) is 18.0 Å². The SMILES string of the molecule is CC(C)(C)N1CCCC1c1ccn[nH]1. The van der Waals surface area contributed by atoms with Gasteiger partial charge >= 0.3 is 0 Å². The maximum absolute atomic E-state index is 4.03. The molecular weight excluding hydrogens is 174 g/mol. The average molecular weight is 193 g/mol. The zero-order valence-electron chi connectivity index (χ0n) is 9.25. The third-order valence-corrected chi connectivity index (χ3v) is 3.00. The van der Waals surface area contributed by atoms with Crippen molar-refractivity contribution < 1.29 is 0 Å². The van der Waals surface area contributed by atoms with E-state index < -0.39 is 0 Å². The van der Waals surface area contributed by atoms with Crippen LogP contribution in [0.3, 0.4) is 0 Å². The van der Waals surface area contributed by atoms with Crippen molar-refractivity contribution in [2.24, 2.45) is 0 Å². The summed E-state index contributed by atoms with van der Waals surface area (Å²) in [6.45, 7) is 8.04. The van der Waals surface area contributed by atoms with E-state index in [-0.39, 0.29) is 5.54 Å². The fraction of sp³-hybridized carbons (Fsp3) is 0.727. The van der Waals surface area contributed by atoms with Gasteiger partial charge in [-0.25, -0.2) is 0 Å². The largest absolute Gasteiger partial charge is 0.290 e. The van der Waals surface area contributed by atoms with Crippen molar-refractivity contribution in [1.82, 2.24) is 15.1 Å². The Hall–Kier alpha value is -0.830. The quantitative estimate of drug-likeness (QED) is 0.742. The van der Waals surface area contributed by atoms with Gasteiger partial charge in [0.1, 0.15) is 0 Å². The van der Waals surface area contributed by atoms with Crippen molar-refractivity contribution in [2.75, 3.05) is 6.54 Å². The van der Waals surface area contributed by atoms with Crippen LogP contribution < -0.4 is 0 Å². The summed E-state index contributed by atoms with van der Waals surface area (Å²) in [6.07, 6.45) is 4.38. The molecule has 0 amide bonds. The lowest BCUT2D eigenvalue weighted by molar-refractivity contribution is 0.119. The van der Waals surface area contributed by atoms with Crippen LogP contribution in [0, 0.1) is 0 Å². The first-order chi connectivity index (χ1) is 6.59. The number of nitrogens with one attached hydrogen (secondary N) is 1. The van der Waals surface area contributed by atoms with Gasteiger partial charge in [0, 0.05) is 11.7 Å². The number of nitrogens with zero attached hydrogens (tertiary/aromatic N) is 2. The van der Waals surface area contributed by atoms with E-state index >= 15 is 0 Å². The average Bonchev–Trinajstić information content (AvgIpc) is 2.73. The molecule has 2 heterocycles. The minimum Gasteiger partial charge on any atom is -0.290 e. The van der Waals surface area contributed by atoms with E-state index in [0.29, 0.717) is 6.04 Å². The van der Waals surface area contributed by atoms with Gasteiger partial charge in [0.05, 0.1) is 11.7 Å². The van der Waals surface area contributed by atoms with E-state index in [1.54, 1.807) is 0 Å². The Labute approximate surface area is 85.5 Å². The first-order valence-electron chi connectivity index (χ1n) is 5.35. The number of likely N-dealkylation sites (tertiary alicyclic amines) is 1. The van der Waals surface area contributed by atoms with Crippen LogP contribution >= 0.6 is 0 Å². The minimum atomic E-state index is 0.256. The molecule has 0 saturated carbocycles. The van der Waals surface area contributed by atoms with Gasteiger partial charge in [-0.3, -0.25) is 10.00 Å². The number of aromatic amines is 1. The molecule has 0 aromatic carbocycles. The smallest absolute Gasteiger partial charge is 0.0523 e. The molecule has 78 valence electrons. The second kappa shape index (κ2) is 3.39. The predicted molar refractivity (Wildman–Crippen MR) is 57.0 cm³/mol. The zero-order chi connectivity index (χ0) is 10.2. The Bertz CT molecular complexity index is 284. The van der Waals surface area contributed by atoms with E-state index in [1.807, 2.05) is 6.20 Å². The summed E-state index contributed by atoms with van der Waals surface area (Å²) >= 11 is 0. The van der Waals surface area contributed by atoms with Gasteiger partial charge in [0.2, 0.25) is 0 Å². The van der Waals surface area contributed by atoms with E-state index in [2.05, 4.69) is 41.9 Å². The third-order valence-electron chi connectivity index (χ3n) is 3.00. The van der Waals surface area contributed by atoms with Gasteiger partial charge < -0.3 is 0 Å². The standard InChI is InChI=1S/C11H19N3/c1-11(2,3)14-8-4-5-10(14)9-6-7-12-13-9/h6-7,10H,4-5,8H2,1-3H3,(H,12,13). The summed E-state index contributed by atoms with van der Waals surface area (Å²) in [4.78, 5) is 2.56. The van der Waals surface area contributed by atoms with Crippen LogP contribution in [0.2, 0.25) is 0 Å². The van der Waals surface area contributed by atoms with Crippen molar-refractivity contribution in [1.29, 1.82) is 0 Å². The Balaban J connectivity index is 2.20. The molecule has 1 saturated heterocycles. The van der Waals surface area contributed by atoms with Gasteiger partial charge in [-0.15, -0.1) is 0 Å². The zero-order valence-corrected chi connectivity index (χ0v) is 9.25. The summed E-state index contributed by atoms with van der Waals surface area (Å²) < 4.78 is 0. The summed E-state index contributed by atoms with van der Waals surface area (Å²) in [5.41, 5.74) is 1.52. The molecule has 0 spiro atoms. The van der Waals surface area contributed by atoms with Crippen molar-refractivity contribution in [2.45, 2.75) is 45.2 Å². The summed E-state index contributed by atoms with van der Waals surface area (Å²) in [7, 11) is 0. The molecule has 1 unspecified atom stereocenters. The first kappa shape index (κ1) is 9.71. The van der Waals surface area contributed by atoms with Crippen LogP contribution in [0.1, 0.15) is 45.3 Å². The van der Waals surface area contributed by atoms with Crippen LogP contribution in [0.15, 0.2) is 12.3 Å². The van der Waals surface area contributed by atoms with E-state index in [1.165, 1.54) is 25.1 Å². The summed E-state index contributed by atoms with van der Waals surface area (Å²) in [5, 5.41) is 7.12. The Morgan fingerprint density at radius 2 is 2.29 bits per heavy atom. The Morgan fingerprint density at radius 3 is 2.86 bits per heavy atom. The second-order valence-electron chi connectivity index (χ2n) is 5.03. The molecule has 0 radical (unpaired) electrons. The Morgan fingerprint density at radius 1 is 1.50 bits per heavy atom. The number of hydrogen-bond acceptors (Lipinski definition) is 2. The fourth-order valence-corrected chi connectivity index (χ4v) is 2.35. The van der Waals surface area contributed by atoms with E-state index in [4.69, 9.17) is 0 Å². The molecule has 1 aliphatic heterocycles. The number of rotatable bonds is 1. The molecule has 3 nitrogen and oxygen atoms in total. The lowest BCUT2D eigenvalue weighted by atomic mass is 10.0. The second-order valence-corrected chi connectivity index (χ2v) is 5.03. The lowest BCUT2D eigenvalue weighted by Crippen LogP contribution is -2.40. The van der Waals surface area contributed by atoms with Crippen molar-refractivity contribution in [3.8, 4) is 0 Å². The molecule has 0 aliphatic carbocycles. The normalized spacial score (nSPS) is 24.4. The van der Waals surface area contributed by atoms with Crippen molar-refractivity contribution in [3.63, 3.8) is 0 Å². The van der Waals surface area contributed by atoms with Crippen LogP contribution in [0.4, 0.5) is 0 Å². The van der Waals surface area contributed by atoms with Gasteiger partial charge in [0.25, 0.3) is 0 Å². The molecule has 1 atom stereocenters. The molecule has 1 fully saturated rings. The van der Waals surface area contributed by atoms with E-state index in [9.17, 15) is 0 Å². The molecule has 1 aromatic rings. The van der Waals surface area contributed by atoms with Gasteiger partial charge in [-0.2, -0.15) is 5.10 Å². The van der Waals surface area contributed by atoms with Crippen LogP contribution in [-0.4, -0.2) is 27.2 Å². The highest BCUT2D eigenvalue weighted by molar-refractivity contribution is 5.08. The highest BCUT2D eigenvalue weighted by Crippen LogP contribution is 2.35. The molecule has 14 heavy (non-hydrogen) atoms. The van der Waals surface area contributed by atoms with Crippen LogP contribution in [0.25, 0.3) is 0 Å². The molecule has 1 aromatic heterocycles. The van der Waals surface area contributed by atoms with Crippen molar-refractivity contribution >= 4 is 0 Å². The molecule has 0 bridgehead atoms. The number of hydrogen-bond donors (Lipinski definition) is 1. The number of aromatic nitrogens is 2. The number of H-pyrrole nitrogens is 1. The Kier molecular flexibility index (Phi) is 2.35.